The number of aliphatic hydroxyl groups is 2. The third-order valence-corrected chi connectivity index (χ3v) is 3.50. The molecule has 22 heavy (non-hydrogen) atoms. The predicted octanol–water partition coefficient (Wildman–Crippen LogP) is 0.747. The van der Waals surface area contributed by atoms with Gasteiger partial charge in [0.15, 0.2) is 6.35 Å². The molecule has 0 amide bonds. The van der Waals surface area contributed by atoms with E-state index >= 15 is 0 Å². The van der Waals surface area contributed by atoms with E-state index in [0.29, 0.717) is 16.7 Å². The Kier molecular flexibility index (Phi) is 4.62. The second-order valence-electron chi connectivity index (χ2n) is 5.63. The fraction of sp³-hybridized carbons (Fsp3) is 0.375. The molecule has 0 aliphatic carbocycles. The molecule has 0 bridgehead atoms. The van der Waals surface area contributed by atoms with Gasteiger partial charge in [-0.25, -0.2) is 5.32 Å². The first-order chi connectivity index (χ1) is 10.3. The number of hydrogen-bond acceptors (Lipinski definition) is 6. The zero-order valence-electron chi connectivity index (χ0n) is 12.7. The van der Waals surface area contributed by atoms with Gasteiger partial charge in [0.25, 0.3) is 0 Å². The van der Waals surface area contributed by atoms with Crippen LogP contribution in [0.25, 0.3) is 0 Å². The Morgan fingerprint density at radius 2 is 2.00 bits per heavy atom. The highest BCUT2D eigenvalue weighted by atomic mass is 16.3. The van der Waals surface area contributed by atoms with Gasteiger partial charge in [-0.2, -0.15) is 5.26 Å². The highest BCUT2D eigenvalue weighted by Gasteiger charge is 2.31. The molecule has 0 fully saturated rings. The number of rotatable bonds is 3. The minimum absolute atomic E-state index is 0.0957. The number of aliphatic hydroxyl groups excluding tert-OH is 2. The van der Waals surface area contributed by atoms with E-state index in [2.05, 4.69) is 10.6 Å². The Bertz CT molecular complexity index is 674. The van der Waals surface area contributed by atoms with Gasteiger partial charge >= 0.3 is 0 Å². The van der Waals surface area contributed by atoms with Crippen molar-refractivity contribution >= 4 is 5.78 Å². The van der Waals surface area contributed by atoms with Gasteiger partial charge in [0.05, 0.1) is 17.3 Å². The van der Waals surface area contributed by atoms with Crippen LogP contribution in [-0.2, 0) is 0 Å². The molecule has 4 N–H and O–H groups in total. The number of nitrogens with one attached hydrogen (secondary N) is 2. The Hall–Kier alpha value is -2.20. The monoisotopic (exact) mass is 301 g/mol. The van der Waals surface area contributed by atoms with Crippen molar-refractivity contribution in [3.63, 3.8) is 0 Å². The van der Waals surface area contributed by atoms with Gasteiger partial charge in [0.2, 0.25) is 5.78 Å². The number of carbonyl (C=O) groups is 1. The SMILES string of the molecule is Cc1cc(C#N)cc(C(=O)C2=C(C(C)C)C(O)NC(O)N2)c1. The van der Waals surface area contributed by atoms with Crippen LogP contribution in [0.3, 0.4) is 0 Å². The summed E-state index contributed by atoms with van der Waals surface area (Å²) in [7, 11) is 0. The molecule has 2 rings (SSSR count). The largest absolute Gasteiger partial charge is 0.374 e. The smallest absolute Gasteiger partial charge is 0.209 e. The third-order valence-electron chi connectivity index (χ3n) is 3.50. The van der Waals surface area contributed by atoms with Gasteiger partial charge in [-0.1, -0.05) is 13.8 Å². The highest BCUT2D eigenvalue weighted by Crippen LogP contribution is 2.23. The fourth-order valence-corrected chi connectivity index (χ4v) is 2.56. The lowest BCUT2D eigenvalue weighted by Gasteiger charge is -2.32. The lowest BCUT2D eigenvalue weighted by Crippen LogP contribution is -2.54. The summed E-state index contributed by atoms with van der Waals surface area (Å²) in [5, 5.41) is 33.9. The van der Waals surface area contributed by atoms with Crippen LogP contribution in [0.2, 0.25) is 0 Å². The van der Waals surface area contributed by atoms with Gasteiger partial charge in [0, 0.05) is 11.1 Å². The second kappa shape index (κ2) is 6.28. The Morgan fingerprint density at radius 3 is 2.59 bits per heavy atom. The van der Waals surface area contributed by atoms with Crippen molar-refractivity contribution in [3.8, 4) is 6.07 Å². The number of carbonyl (C=O) groups excluding carboxylic acids is 1. The Morgan fingerprint density at radius 1 is 1.32 bits per heavy atom. The molecule has 6 nitrogen and oxygen atoms in total. The molecular weight excluding hydrogens is 282 g/mol. The average Bonchev–Trinajstić information content (AvgIpc) is 2.44. The number of nitriles is 1. The number of ketones is 1. The number of nitrogens with zero attached hydrogens (tertiary/aromatic N) is 1. The molecule has 0 aromatic heterocycles. The van der Waals surface area contributed by atoms with Crippen LogP contribution in [0, 0.1) is 24.2 Å². The number of hydrogen-bond donors (Lipinski definition) is 4. The molecule has 1 aromatic rings. The molecule has 2 atom stereocenters. The topological polar surface area (TPSA) is 105 Å². The fourth-order valence-electron chi connectivity index (χ4n) is 2.56. The van der Waals surface area contributed by atoms with Gasteiger partial charge < -0.3 is 15.5 Å². The van der Waals surface area contributed by atoms with Crippen LogP contribution >= 0.6 is 0 Å². The lowest BCUT2D eigenvalue weighted by molar-refractivity contribution is 0.0263. The number of aryl methyl sites for hydroxylation is 1. The summed E-state index contributed by atoms with van der Waals surface area (Å²) in [5.41, 5.74) is 2.19. The number of benzene rings is 1. The Balaban J connectivity index is 2.52. The van der Waals surface area contributed by atoms with E-state index in [4.69, 9.17) is 5.26 Å². The van der Waals surface area contributed by atoms with Gasteiger partial charge in [-0.15, -0.1) is 0 Å². The molecule has 0 saturated heterocycles. The molecule has 1 aliphatic rings. The van der Waals surface area contributed by atoms with E-state index in [0.717, 1.165) is 5.56 Å². The van der Waals surface area contributed by atoms with Crippen molar-refractivity contribution in [2.45, 2.75) is 33.4 Å². The first kappa shape index (κ1) is 16.2. The molecule has 6 heteroatoms. The van der Waals surface area contributed by atoms with Crippen LogP contribution in [0.15, 0.2) is 29.5 Å². The normalized spacial score (nSPS) is 21.5. The van der Waals surface area contributed by atoms with Gasteiger partial charge in [0.1, 0.15) is 6.23 Å². The van der Waals surface area contributed by atoms with Crippen LogP contribution in [0.1, 0.15) is 35.3 Å². The first-order valence-electron chi connectivity index (χ1n) is 7.02. The summed E-state index contributed by atoms with van der Waals surface area (Å²) in [6.07, 6.45) is -2.31. The summed E-state index contributed by atoms with van der Waals surface area (Å²) < 4.78 is 0. The predicted molar refractivity (Wildman–Crippen MR) is 80.4 cm³/mol. The van der Waals surface area contributed by atoms with Crippen molar-refractivity contribution in [1.29, 1.82) is 5.26 Å². The zero-order chi connectivity index (χ0) is 16.4. The summed E-state index contributed by atoms with van der Waals surface area (Å²) in [4.78, 5) is 12.7. The maximum Gasteiger partial charge on any atom is 0.209 e. The average molecular weight is 301 g/mol. The minimum atomic E-state index is -1.21. The van der Waals surface area contributed by atoms with Crippen LogP contribution < -0.4 is 10.6 Å². The van der Waals surface area contributed by atoms with E-state index in [1.807, 2.05) is 19.9 Å². The summed E-state index contributed by atoms with van der Waals surface area (Å²) in [6, 6.07) is 6.89. The van der Waals surface area contributed by atoms with Crippen molar-refractivity contribution in [1.82, 2.24) is 10.6 Å². The number of Topliss-reactive ketones (excluding diaryl/α,β-unsaturated/α-hetero) is 1. The van der Waals surface area contributed by atoms with E-state index in [-0.39, 0.29) is 17.4 Å². The molecule has 0 radical (unpaired) electrons. The van der Waals surface area contributed by atoms with Gasteiger partial charge in [-0.05, 0) is 36.6 Å². The third kappa shape index (κ3) is 3.17. The standard InChI is InChI=1S/C16H19N3O3/c1-8(2)12-13(18-16(22)19-15(12)21)14(20)11-5-9(3)4-10(6-11)7-17/h4-6,8,15-16,18-19,21-22H,1-3H3. The van der Waals surface area contributed by atoms with Crippen molar-refractivity contribution < 1.29 is 15.0 Å². The quantitative estimate of drug-likeness (QED) is 0.614. The van der Waals surface area contributed by atoms with E-state index in [1.54, 1.807) is 19.1 Å². The number of allylic oxidation sites excluding steroid dienone is 1. The zero-order valence-corrected chi connectivity index (χ0v) is 12.7. The summed E-state index contributed by atoms with van der Waals surface area (Å²) >= 11 is 0. The van der Waals surface area contributed by atoms with Gasteiger partial charge in [-0.3, -0.25) is 4.79 Å². The Labute approximate surface area is 129 Å². The molecule has 1 aliphatic heterocycles. The maximum absolute atomic E-state index is 12.7. The highest BCUT2D eigenvalue weighted by molar-refractivity contribution is 6.09. The first-order valence-corrected chi connectivity index (χ1v) is 7.02. The van der Waals surface area contributed by atoms with Crippen molar-refractivity contribution in [3.05, 3.63) is 46.2 Å². The maximum atomic E-state index is 12.7. The summed E-state index contributed by atoms with van der Waals surface area (Å²) in [6.45, 7) is 5.50. The van der Waals surface area contributed by atoms with E-state index in [1.165, 1.54) is 6.07 Å². The second-order valence-corrected chi connectivity index (χ2v) is 5.63. The van der Waals surface area contributed by atoms with Crippen LogP contribution in [0.5, 0.6) is 0 Å². The molecular formula is C16H19N3O3. The lowest BCUT2D eigenvalue weighted by atomic mass is 9.92. The molecule has 1 heterocycles. The molecule has 1 aromatic carbocycles. The molecule has 116 valence electrons. The van der Waals surface area contributed by atoms with Crippen LogP contribution in [-0.4, -0.2) is 28.6 Å². The van der Waals surface area contributed by atoms with Crippen molar-refractivity contribution in [2.24, 2.45) is 5.92 Å². The van der Waals surface area contributed by atoms with E-state index in [9.17, 15) is 15.0 Å². The van der Waals surface area contributed by atoms with E-state index < -0.39 is 12.6 Å². The summed E-state index contributed by atoms with van der Waals surface area (Å²) in [5.74, 6) is -0.454. The minimum Gasteiger partial charge on any atom is -0.374 e. The molecule has 2 unspecified atom stereocenters. The molecule has 0 spiro atoms. The molecule has 0 saturated carbocycles. The van der Waals surface area contributed by atoms with Crippen molar-refractivity contribution in [2.75, 3.05) is 0 Å². The van der Waals surface area contributed by atoms with Crippen LogP contribution in [0.4, 0.5) is 0 Å².